The van der Waals surface area contributed by atoms with Crippen molar-refractivity contribution in [3.05, 3.63) is 54.4 Å². The summed E-state index contributed by atoms with van der Waals surface area (Å²) in [6.07, 6.45) is 7.79. The summed E-state index contributed by atoms with van der Waals surface area (Å²) < 4.78 is 5.81. The number of hydrogen-bond donors (Lipinski definition) is 1. The lowest BCUT2D eigenvalue weighted by Gasteiger charge is -2.27. The number of aromatic nitrogens is 1. The van der Waals surface area contributed by atoms with Crippen molar-refractivity contribution in [2.75, 3.05) is 0 Å². The number of amides is 1. The lowest BCUT2D eigenvalue weighted by molar-refractivity contribution is 0.0920. The van der Waals surface area contributed by atoms with Crippen molar-refractivity contribution in [1.82, 2.24) is 10.3 Å². The van der Waals surface area contributed by atoms with Gasteiger partial charge in [-0.15, -0.1) is 0 Å². The smallest absolute Gasteiger partial charge is 0.255 e. The van der Waals surface area contributed by atoms with Gasteiger partial charge in [-0.05, 0) is 55.9 Å². The maximum atomic E-state index is 12.6. The Labute approximate surface area is 136 Å². The van der Waals surface area contributed by atoms with Crippen LogP contribution in [0.4, 0.5) is 0 Å². The monoisotopic (exact) mass is 310 g/mol. The Morgan fingerprint density at radius 2 is 1.91 bits per heavy atom. The van der Waals surface area contributed by atoms with Gasteiger partial charge in [0.2, 0.25) is 0 Å². The van der Waals surface area contributed by atoms with E-state index in [1.165, 1.54) is 12.8 Å². The molecule has 1 fully saturated rings. The van der Waals surface area contributed by atoms with E-state index in [4.69, 9.17) is 4.74 Å². The van der Waals surface area contributed by atoms with Gasteiger partial charge in [0.15, 0.2) is 0 Å². The molecule has 2 aromatic rings. The molecule has 0 bridgehead atoms. The fourth-order valence-electron chi connectivity index (χ4n) is 2.95. The molecule has 4 heteroatoms. The standard InChI is InChI=1S/C19H22N2O2/c1-14-8-10-15(11-9-14)21-19(22)17-6-2-3-7-18(17)23-16-5-4-12-20-13-16/h2-7,12-15H,8-11H2,1H3,(H,21,22). The molecular weight excluding hydrogens is 288 g/mol. The Kier molecular flexibility index (Phi) is 4.91. The topological polar surface area (TPSA) is 51.2 Å². The highest BCUT2D eigenvalue weighted by molar-refractivity contribution is 5.97. The second kappa shape index (κ2) is 7.27. The normalized spacial score (nSPS) is 20.7. The third-order valence-corrected chi connectivity index (χ3v) is 4.34. The van der Waals surface area contributed by atoms with Gasteiger partial charge >= 0.3 is 0 Å². The molecule has 1 aliphatic rings. The molecule has 0 spiro atoms. The summed E-state index contributed by atoms with van der Waals surface area (Å²) in [5.41, 5.74) is 0.565. The van der Waals surface area contributed by atoms with E-state index in [-0.39, 0.29) is 11.9 Å². The molecular formula is C19H22N2O2. The third-order valence-electron chi connectivity index (χ3n) is 4.34. The molecule has 3 rings (SSSR count). The summed E-state index contributed by atoms with van der Waals surface area (Å²) in [6.45, 7) is 2.27. The van der Waals surface area contributed by atoms with Crippen molar-refractivity contribution < 1.29 is 9.53 Å². The molecule has 120 valence electrons. The summed E-state index contributed by atoms with van der Waals surface area (Å²) >= 11 is 0. The van der Waals surface area contributed by atoms with Crippen molar-refractivity contribution in [1.29, 1.82) is 0 Å². The summed E-state index contributed by atoms with van der Waals surface area (Å²) in [5, 5.41) is 3.15. The van der Waals surface area contributed by atoms with Crippen LogP contribution in [0.2, 0.25) is 0 Å². The number of carbonyl (C=O) groups is 1. The summed E-state index contributed by atoms with van der Waals surface area (Å²) in [6, 6.07) is 11.2. The summed E-state index contributed by atoms with van der Waals surface area (Å²) in [4.78, 5) is 16.6. The largest absolute Gasteiger partial charge is 0.455 e. The van der Waals surface area contributed by atoms with Crippen LogP contribution in [0.1, 0.15) is 43.0 Å². The van der Waals surface area contributed by atoms with E-state index in [1.54, 1.807) is 24.5 Å². The maximum Gasteiger partial charge on any atom is 0.255 e. The molecule has 0 atom stereocenters. The van der Waals surface area contributed by atoms with E-state index in [0.29, 0.717) is 17.1 Å². The third kappa shape index (κ3) is 4.09. The molecule has 1 saturated carbocycles. The van der Waals surface area contributed by atoms with Crippen LogP contribution in [-0.4, -0.2) is 16.9 Å². The molecule has 0 aliphatic heterocycles. The van der Waals surface area contributed by atoms with Gasteiger partial charge in [-0.1, -0.05) is 19.1 Å². The molecule has 0 saturated heterocycles. The van der Waals surface area contributed by atoms with Gasteiger partial charge in [-0.3, -0.25) is 9.78 Å². The van der Waals surface area contributed by atoms with E-state index >= 15 is 0 Å². The van der Waals surface area contributed by atoms with Crippen LogP contribution in [-0.2, 0) is 0 Å². The Balaban J connectivity index is 1.70. The van der Waals surface area contributed by atoms with E-state index in [1.807, 2.05) is 24.3 Å². The molecule has 4 nitrogen and oxygen atoms in total. The average Bonchev–Trinajstić information content (AvgIpc) is 2.58. The molecule has 1 heterocycles. The van der Waals surface area contributed by atoms with Crippen LogP contribution in [0, 0.1) is 5.92 Å². The van der Waals surface area contributed by atoms with Crippen molar-refractivity contribution in [3.8, 4) is 11.5 Å². The number of rotatable bonds is 4. The van der Waals surface area contributed by atoms with Crippen molar-refractivity contribution in [2.24, 2.45) is 5.92 Å². The number of para-hydroxylation sites is 1. The van der Waals surface area contributed by atoms with Crippen LogP contribution in [0.25, 0.3) is 0 Å². The van der Waals surface area contributed by atoms with Gasteiger partial charge in [-0.2, -0.15) is 0 Å². The van der Waals surface area contributed by atoms with Gasteiger partial charge in [0, 0.05) is 12.2 Å². The number of nitrogens with one attached hydrogen (secondary N) is 1. The fourth-order valence-corrected chi connectivity index (χ4v) is 2.95. The van der Waals surface area contributed by atoms with Crippen LogP contribution in [0.5, 0.6) is 11.5 Å². The predicted molar refractivity (Wildman–Crippen MR) is 89.6 cm³/mol. The summed E-state index contributed by atoms with van der Waals surface area (Å²) in [7, 11) is 0. The Hall–Kier alpha value is -2.36. The van der Waals surface area contributed by atoms with Gasteiger partial charge < -0.3 is 10.1 Å². The van der Waals surface area contributed by atoms with E-state index < -0.39 is 0 Å². The van der Waals surface area contributed by atoms with E-state index in [0.717, 1.165) is 18.8 Å². The van der Waals surface area contributed by atoms with Crippen LogP contribution >= 0.6 is 0 Å². The first-order chi connectivity index (χ1) is 11.2. The SMILES string of the molecule is CC1CCC(NC(=O)c2ccccc2Oc2cccnc2)CC1. The minimum Gasteiger partial charge on any atom is -0.455 e. The first-order valence-electron chi connectivity index (χ1n) is 8.20. The van der Waals surface area contributed by atoms with Gasteiger partial charge in [0.1, 0.15) is 11.5 Å². The van der Waals surface area contributed by atoms with E-state index in [2.05, 4.69) is 17.2 Å². The first kappa shape index (κ1) is 15.5. The summed E-state index contributed by atoms with van der Waals surface area (Å²) in [5.74, 6) is 1.88. The number of carbonyl (C=O) groups excluding carboxylic acids is 1. The highest BCUT2D eigenvalue weighted by Crippen LogP contribution is 2.26. The zero-order valence-corrected chi connectivity index (χ0v) is 13.4. The molecule has 1 aromatic heterocycles. The average molecular weight is 310 g/mol. The lowest BCUT2D eigenvalue weighted by atomic mass is 9.87. The second-order valence-electron chi connectivity index (χ2n) is 6.22. The molecule has 23 heavy (non-hydrogen) atoms. The Morgan fingerprint density at radius 3 is 2.65 bits per heavy atom. The Bertz CT molecular complexity index is 649. The van der Waals surface area contributed by atoms with Crippen molar-refractivity contribution in [2.45, 2.75) is 38.6 Å². The minimum absolute atomic E-state index is 0.0657. The molecule has 0 radical (unpaired) electrons. The molecule has 1 amide bonds. The lowest BCUT2D eigenvalue weighted by Crippen LogP contribution is -2.37. The maximum absolute atomic E-state index is 12.6. The first-order valence-corrected chi connectivity index (χ1v) is 8.20. The van der Waals surface area contributed by atoms with Crippen molar-refractivity contribution >= 4 is 5.91 Å². The predicted octanol–water partition coefficient (Wildman–Crippen LogP) is 4.18. The quantitative estimate of drug-likeness (QED) is 0.921. The van der Waals surface area contributed by atoms with Gasteiger partial charge in [-0.25, -0.2) is 0 Å². The van der Waals surface area contributed by atoms with Gasteiger partial charge in [0.25, 0.3) is 5.91 Å². The highest BCUT2D eigenvalue weighted by Gasteiger charge is 2.21. The van der Waals surface area contributed by atoms with Crippen LogP contribution in [0.3, 0.4) is 0 Å². The number of ether oxygens (including phenoxy) is 1. The van der Waals surface area contributed by atoms with Crippen molar-refractivity contribution in [3.63, 3.8) is 0 Å². The fraction of sp³-hybridized carbons (Fsp3) is 0.368. The van der Waals surface area contributed by atoms with E-state index in [9.17, 15) is 4.79 Å². The molecule has 1 aliphatic carbocycles. The molecule has 0 unspecified atom stereocenters. The zero-order chi connectivity index (χ0) is 16.1. The van der Waals surface area contributed by atoms with Gasteiger partial charge in [0.05, 0.1) is 11.8 Å². The Morgan fingerprint density at radius 1 is 1.13 bits per heavy atom. The minimum atomic E-state index is -0.0657. The molecule has 1 aromatic carbocycles. The highest BCUT2D eigenvalue weighted by atomic mass is 16.5. The number of nitrogens with zero attached hydrogens (tertiary/aromatic N) is 1. The number of hydrogen-bond acceptors (Lipinski definition) is 3. The van der Waals surface area contributed by atoms with Crippen LogP contribution < -0.4 is 10.1 Å². The molecule has 1 N–H and O–H groups in total. The number of benzene rings is 1. The number of pyridine rings is 1. The zero-order valence-electron chi connectivity index (χ0n) is 13.4. The van der Waals surface area contributed by atoms with Crippen LogP contribution in [0.15, 0.2) is 48.8 Å². The second-order valence-corrected chi connectivity index (χ2v) is 6.22.